The molecule has 0 aliphatic carbocycles. The van der Waals surface area contributed by atoms with E-state index < -0.39 is 0 Å². The van der Waals surface area contributed by atoms with Crippen LogP contribution in [-0.4, -0.2) is 24.5 Å². The fourth-order valence-corrected chi connectivity index (χ4v) is 2.99. The summed E-state index contributed by atoms with van der Waals surface area (Å²) in [5, 5.41) is 4.02. The van der Waals surface area contributed by atoms with Crippen LogP contribution in [0.2, 0.25) is 5.02 Å². The fourth-order valence-electron chi connectivity index (χ4n) is 2.77. The number of nitrogens with one attached hydrogen (secondary N) is 1. The molecule has 0 amide bonds. The molecule has 4 heteroatoms. The maximum atomic E-state index is 13.9. The Morgan fingerprint density at radius 3 is 2.71 bits per heavy atom. The van der Waals surface area contributed by atoms with Crippen LogP contribution in [0.3, 0.4) is 0 Å². The third kappa shape index (κ3) is 3.43. The second-order valence-corrected chi connectivity index (χ2v) is 5.76. The molecule has 0 aromatic heterocycles. The summed E-state index contributed by atoms with van der Waals surface area (Å²) < 4.78 is 13.9. The molecule has 1 heterocycles. The molecule has 110 valence electrons. The van der Waals surface area contributed by atoms with Gasteiger partial charge in [-0.1, -0.05) is 48.0 Å². The van der Waals surface area contributed by atoms with Crippen LogP contribution in [0, 0.1) is 5.82 Å². The molecule has 2 aromatic rings. The number of halogens is 2. The van der Waals surface area contributed by atoms with E-state index in [-0.39, 0.29) is 11.9 Å². The van der Waals surface area contributed by atoms with Gasteiger partial charge in [0.2, 0.25) is 0 Å². The minimum Gasteiger partial charge on any atom is -0.308 e. The van der Waals surface area contributed by atoms with Crippen LogP contribution in [0.4, 0.5) is 4.39 Å². The van der Waals surface area contributed by atoms with E-state index in [1.807, 2.05) is 18.2 Å². The van der Waals surface area contributed by atoms with Crippen LogP contribution < -0.4 is 5.32 Å². The maximum Gasteiger partial charge on any atom is 0.129 e. The van der Waals surface area contributed by atoms with Crippen molar-refractivity contribution in [1.29, 1.82) is 0 Å². The maximum absolute atomic E-state index is 13.9. The van der Waals surface area contributed by atoms with Crippen molar-refractivity contribution in [3.05, 3.63) is 70.5 Å². The van der Waals surface area contributed by atoms with Crippen molar-refractivity contribution < 1.29 is 4.39 Å². The molecule has 1 fully saturated rings. The summed E-state index contributed by atoms with van der Waals surface area (Å²) in [6.07, 6.45) is 0. The predicted molar refractivity (Wildman–Crippen MR) is 83.9 cm³/mol. The summed E-state index contributed by atoms with van der Waals surface area (Å²) in [7, 11) is 0. The molecule has 0 radical (unpaired) electrons. The Labute approximate surface area is 129 Å². The highest BCUT2D eigenvalue weighted by Gasteiger charge is 2.22. The van der Waals surface area contributed by atoms with Crippen molar-refractivity contribution in [1.82, 2.24) is 10.2 Å². The molecule has 1 aliphatic rings. The van der Waals surface area contributed by atoms with Crippen LogP contribution >= 0.6 is 11.6 Å². The number of rotatable bonds is 3. The second-order valence-electron chi connectivity index (χ2n) is 5.35. The van der Waals surface area contributed by atoms with E-state index in [4.69, 9.17) is 11.6 Å². The van der Waals surface area contributed by atoms with Gasteiger partial charge in [-0.15, -0.1) is 0 Å². The van der Waals surface area contributed by atoms with E-state index in [9.17, 15) is 4.39 Å². The molecule has 0 spiro atoms. The number of benzene rings is 2. The van der Waals surface area contributed by atoms with Gasteiger partial charge in [-0.05, 0) is 17.7 Å². The summed E-state index contributed by atoms with van der Waals surface area (Å²) in [6.45, 7) is 3.20. The van der Waals surface area contributed by atoms with Crippen molar-refractivity contribution in [2.75, 3.05) is 19.6 Å². The van der Waals surface area contributed by atoms with Gasteiger partial charge in [0.05, 0.1) is 0 Å². The van der Waals surface area contributed by atoms with Crippen LogP contribution in [0.25, 0.3) is 0 Å². The van der Waals surface area contributed by atoms with E-state index in [0.29, 0.717) is 17.1 Å². The number of hydrogen-bond acceptors (Lipinski definition) is 2. The molecule has 1 N–H and O–H groups in total. The normalized spacial score (nSPS) is 19.6. The van der Waals surface area contributed by atoms with Gasteiger partial charge in [0, 0.05) is 42.8 Å². The Balaban J connectivity index is 1.72. The van der Waals surface area contributed by atoms with Crippen LogP contribution in [0.15, 0.2) is 48.5 Å². The van der Waals surface area contributed by atoms with E-state index in [1.54, 1.807) is 12.1 Å². The molecule has 1 aliphatic heterocycles. The highest BCUT2D eigenvalue weighted by Crippen LogP contribution is 2.23. The first-order valence-electron chi connectivity index (χ1n) is 7.17. The minimum absolute atomic E-state index is 0.225. The van der Waals surface area contributed by atoms with Crippen molar-refractivity contribution in [2.45, 2.75) is 12.6 Å². The van der Waals surface area contributed by atoms with Gasteiger partial charge in [0.25, 0.3) is 0 Å². The van der Waals surface area contributed by atoms with Gasteiger partial charge in [-0.3, -0.25) is 4.90 Å². The van der Waals surface area contributed by atoms with Crippen LogP contribution in [0.5, 0.6) is 0 Å². The van der Waals surface area contributed by atoms with Crippen LogP contribution in [0.1, 0.15) is 17.2 Å². The molecule has 1 unspecified atom stereocenters. The fraction of sp³-hybridized carbons (Fsp3) is 0.294. The summed E-state index contributed by atoms with van der Waals surface area (Å²) in [5.74, 6) is -0.225. The first-order chi connectivity index (χ1) is 10.2. The molecule has 1 saturated heterocycles. The third-order valence-corrected chi connectivity index (χ3v) is 4.26. The monoisotopic (exact) mass is 304 g/mol. The zero-order chi connectivity index (χ0) is 14.7. The Bertz CT molecular complexity index is 583. The molecule has 1 atom stereocenters. The summed E-state index contributed by atoms with van der Waals surface area (Å²) >= 11 is 6.12. The van der Waals surface area contributed by atoms with Gasteiger partial charge in [-0.2, -0.15) is 0 Å². The first kappa shape index (κ1) is 14.5. The van der Waals surface area contributed by atoms with Crippen molar-refractivity contribution in [3.63, 3.8) is 0 Å². The van der Waals surface area contributed by atoms with Crippen molar-refractivity contribution in [2.24, 2.45) is 0 Å². The molecule has 2 nitrogen and oxygen atoms in total. The lowest BCUT2D eigenvalue weighted by molar-refractivity contribution is 0.191. The largest absolute Gasteiger partial charge is 0.308 e. The zero-order valence-corrected chi connectivity index (χ0v) is 12.5. The van der Waals surface area contributed by atoms with Gasteiger partial charge < -0.3 is 5.32 Å². The average molecular weight is 305 g/mol. The Morgan fingerprint density at radius 1 is 1.14 bits per heavy atom. The van der Waals surface area contributed by atoms with E-state index >= 15 is 0 Å². The van der Waals surface area contributed by atoms with E-state index in [2.05, 4.69) is 22.3 Å². The standard InChI is InChI=1S/C17H18ClFN2/c18-15-7-4-8-16(19)14(15)11-21-10-9-20-17(12-21)13-5-2-1-3-6-13/h1-8,17,20H,9-12H2. The van der Waals surface area contributed by atoms with Crippen molar-refractivity contribution in [3.8, 4) is 0 Å². The molecular formula is C17H18ClFN2. The lowest BCUT2D eigenvalue weighted by atomic mass is 10.0. The van der Waals surface area contributed by atoms with E-state index in [1.165, 1.54) is 11.6 Å². The SMILES string of the molecule is Fc1cccc(Cl)c1CN1CCNC(c2ccccc2)C1. The zero-order valence-electron chi connectivity index (χ0n) is 11.7. The highest BCUT2D eigenvalue weighted by atomic mass is 35.5. The Morgan fingerprint density at radius 2 is 1.95 bits per heavy atom. The van der Waals surface area contributed by atoms with E-state index in [0.717, 1.165) is 19.6 Å². The number of nitrogens with zero attached hydrogens (tertiary/aromatic N) is 1. The van der Waals surface area contributed by atoms with Gasteiger partial charge in [-0.25, -0.2) is 4.39 Å². The second kappa shape index (κ2) is 6.56. The summed E-state index contributed by atoms with van der Waals surface area (Å²) in [4.78, 5) is 2.25. The van der Waals surface area contributed by atoms with Gasteiger partial charge in [0.15, 0.2) is 0 Å². The topological polar surface area (TPSA) is 15.3 Å². The van der Waals surface area contributed by atoms with Crippen LogP contribution in [-0.2, 0) is 6.54 Å². The number of piperazine rings is 1. The number of hydrogen-bond donors (Lipinski definition) is 1. The summed E-state index contributed by atoms with van der Waals surface area (Å²) in [6, 6.07) is 15.5. The molecule has 3 rings (SSSR count). The quantitative estimate of drug-likeness (QED) is 0.931. The first-order valence-corrected chi connectivity index (χ1v) is 7.55. The summed E-state index contributed by atoms with van der Waals surface area (Å²) in [5.41, 5.74) is 1.86. The van der Waals surface area contributed by atoms with Gasteiger partial charge in [0.1, 0.15) is 5.82 Å². The smallest absolute Gasteiger partial charge is 0.129 e. The van der Waals surface area contributed by atoms with Crippen molar-refractivity contribution >= 4 is 11.6 Å². The Hall–Kier alpha value is -1.42. The lowest BCUT2D eigenvalue weighted by Crippen LogP contribution is -2.45. The highest BCUT2D eigenvalue weighted by molar-refractivity contribution is 6.31. The molecule has 21 heavy (non-hydrogen) atoms. The Kier molecular flexibility index (Phi) is 4.54. The minimum atomic E-state index is -0.225. The predicted octanol–water partition coefficient (Wildman–Crippen LogP) is 3.63. The lowest BCUT2D eigenvalue weighted by Gasteiger charge is -2.34. The molecule has 0 saturated carbocycles. The van der Waals surface area contributed by atoms with Gasteiger partial charge >= 0.3 is 0 Å². The molecule has 0 bridgehead atoms. The average Bonchev–Trinajstić information content (AvgIpc) is 2.52. The third-order valence-electron chi connectivity index (χ3n) is 3.90. The molecular weight excluding hydrogens is 287 g/mol. The molecule has 2 aromatic carbocycles.